The first-order valence-corrected chi connectivity index (χ1v) is 14.7. The molecule has 0 aromatic rings. The fraction of sp³-hybridized carbons (Fsp3) is 0.600. The van der Waals surface area contributed by atoms with Crippen LogP contribution in [0.4, 0.5) is 4.79 Å². The lowest BCUT2D eigenvalue weighted by atomic mass is 10.0. The van der Waals surface area contributed by atoms with Crippen LogP contribution in [-0.2, 0) is 28.8 Å². The Morgan fingerprint density at radius 1 is 0.979 bits per heavy atom. The SMILES string of the molecule is NCCC[C@@H](N)CC(=O)N[C@@H]1CNC(=O)[C@H]([C@H]2C[C@@H](O)N=C(N)N2)NC(=O)/C(=C/NC(N)=O)NC(=O)[C@H](CO)NC(=O)[C@H](CO)NC1=O. The molecule has 268 valence electrons. The summed E-state index contributed by atoms with van der Waals surface area (Å²) in [6.45, 7) is -2.36. The quantitative estimate of drug-likeness (QED) is 0.0950. The van der Waals surface area contributed by atoms with E-state index in [1.165, 1.54) is 0 Å². The van der Waals surface area contributed by atoms with Crippen molar-refractivity contribution < 1.29 is 48.9 Å². The highest BCUT2D eigenvalue weighted by atomic mass is 16.3. The molecule has 0 aromatic heterocycles. The standard InChI is InChI=1S/C25H43N13O10/c26-3-1-2-10(27)4-16(41)32-12-6-30-23(47)18(11-5-17(42)37-24(28)36-11)38-20(44)13(7-31-25(29)48)33-21(45)14(8-39)35-22(46)15(9-40)34-19(12)43/h7,10-12,14-15,17-18,39-40,42H,1-6,8-9,26-27H2,(H,30,47)(H,32,41)(H,33,45)(H,34,43)(H,35,46)(H,38,44)(H3,28,36,37)(H3,29,31,48)/b13-7-/t10-,11-,12-,14+,15+,17-,18+/m1/s1. The van der Waals surface area contributed by atoms with Gasteiger partial charge in [0.1, 0.15) is 29.9 Å². The van der Waals surface area contributed by atoms with Gasteiger partial charge in [0.15, 0.2) is 12.2 Å². The molecule has 2 rings (SSSR count). The van der Waals surface area contributed by atoms with Crippen molar-refractivity contribution in [2.45, 2.75) is 68.2 Å². The zero-order valence-corrected chi connectivity index (χ0v) is 25.7. The highest BCUT2D eigenvalue weighted by molar-refractivity contribution is 6.02. The van der Waals surface area contributed by atoms with Crippen molar-refractivity contribution in [2.75, 3.05) is 26.3 Å². The van der Waals surface area contributed by atoms with Crippen LogP contribution in [0.3, 0.4) is 0 Å². The summed E-state index contributed by atoms with van der Waals surface area (Å²) in [6, 6.07) is -9.66. The first-order chi connectivity index (χ1) is 22.7. The average molecular weight is 686 g/mol. The topological polar surface area (TPSA) is 393 Å². The van der Waals surface area contributed by atoms with Gasteiger partial charge >= 0.3 is 6.03 Å². The molecular weight excluding hydrogens is 642 g/mol. The van der Waals surface area contributed by atoms with Crippen LogP contribution >= 0.6 is 0 Å². The van der Waals surface area contributed by atoms with Gasteiger partial charge in [0.25, 0.3) is 5.91 Å². The first kappa shape index (κ1) is 39.1. The zero-order chi connectivity index (χ0) is 36.0. The van der Waals surface area contributed by atoms with E-state index in [1.54, 1.807) is 0 Å². The van der Waals surface area contributed by atoms with E-state index in [-0.39, 0.29) is 18.8 Å². The minimum absolute atomic E-state index is 0.245. The van der Waals surface area contributed by atoms with E-state index in [1.807, 2.05) is 5.32 Å². The molecular formula is C25H43N13O10. The van der Waals surface area contributed by atoms with E-state index in [2.05, 4.69) is 42.2 Å². The normalized spacial score (nSPS) is 27.6. The molecule has 23 nitrogen and oxygen atoms in total. The van der Waals surface area contributed by atoms with Gasteiger partial charge in [-0.05, 0) is 19.4 Å². The van der Waals surface area contributed by atoms with E-state index in [9.17, 15) is 48.9 Å². The lowest BCUT2D eigenvalue weighted by Crippen LogP contribution is -2.64. The number of urea groups is 1. The first-order valence-electron chi connectivity index (χ1n) is 14.7. The van der Waals surface area contributed by atoms with Crippen LogP contribution in [0.15, 0.2) is 16.9 Å². The summed E-state index contributed by atoms with van der Waals surface area (Å²) in [4.78, 5) is 94.0. The van der Waals surface area contributed by atoms with Crippen molar-refractivity contribution >= 4 is 47.4 Å². The Kier molecular flexibility index (Phi) is 15.4. The van der Waals surface area contributed by atoms with Crippen LogP contribution in [0.5, 0.6) is 0 Å². The third-order valence-electron chi connectivity index (χ3n) is 6.91. The molecule has 0 aromatic carbocycles. The highest BCUT2D eigenvalue weighted by Gasteiger charge is 2.37. The summed E-state index contributed by atoms with van der Waals surface area (Å²) in [5.41, 5.74) is 21.5. The molecule has 23 heteroatoms. The smallest absolute Gasteiger partial charge is 0.316 e. The van der Waals surface area contributed by atoms with Gasteiger partial charge in [-0.2, -0.15) is 0 Å². The molecule has 2 aliphatic rings. The number of nitrogens with zero attached hydrogens (tertiary/aromatic N) is 1. The number of aliphatic hydroxyl groups excluding tert-OH is 3. The molecule has 2 aliphatic heterocycles. The number of aliphatic hydroxyl groups is 3. The number of hydrogen-bond donors (Lipinski definition) is 15. The molecule has 1 saturated heterocycles. The second-order valence-corrected chi connectivity index (χ2v) is 10.7. The maximum atomic E-state index is 13.6. The Morgan fingerprint density at radius 3 is 2.23 bits per heavy atom. The van der Waals surface area contributed by atoms with Crippen molar-refractivity contribution in [1.82, 2.24) is 42.5 Å². The molecule has 0 spiro atoms. The third-order valence-corrected chi connectivity index (χ3v) is 6.91. The van der Waals surface area contributed by atoms with E-state index < -0.39 is 109 Å². The van der Waals surface area contributed by atoms with Crippen molar-refractivity contribution in [3.8, 4) is 0 Å². The molecule has 0 radical (unpaired) electrons. The molecule has 7 atom stereocenters. The van der Waals surface area contributed by atoms with E-state index in [4.69, 9.17) is 22.9 Å². The summed E-state index contributed by atoms with van der Waals surface area (Å²) < 4.78 is 0. The maximum absolute atomic E-state index is 13.6. The van der Waals surface area contributed by atoms with Crippen LogP contribution in [0.2, 0.25) is 0 Å². The second kappa shape index (κ2) is 18.9. The summed E-state index contributed by atoms with van der Waals surface area (Å²) >= 11 is 0. The van der Waals surface area contributed by atoms with Gasteiger partial charge in [0.05, 0.1) is 19.3 Å². The Bertz CT molecular complexity index is 1280. The number of carbonyl (C=O) groups excluding carboxylic acids is 7. The largest absolute Gasteiger partial charge is 0.394 e. The van der Waals surface area contributed by atoms with Crippen molar-refractivity contribution in [3.63, 3.8) is 0 Å². The van der Waals surface area contributed by atoms with Crippen molar-refractivity contribution in [1.29, 1.82) is 0 Å². The van der Waals surface area contributed by atoms with Gasteiger partial charge < -0.3 is 80.8 Å². The van der Waals surface area contributed by atoms with Crippen molar-refractivity contribution in [2.24, 2.45) is 27.9 Å². The van der Waals surface area contributed by atoms with Gasteiger partial charge in [-0.3, -0.25) is 28.8 Å². The molecule has 0 aliphatic carbocycles. The lowest BCUT2D eigenvalue weighted by Gasteiger charge is -2.33. The molecule has 0 bridgehead atoms. The lowest BCUT2D eigenvalue weighted by molar-refractivity contribution is -0.135. The molecule has 0 unspecified atom stereocenters. The molecule has 1 fully saturated rings. The van der Waals surface area contributed by atoms with Gasteiger partial charge in [0, 0.05) is 31.6 Å². The number of amides is 8. The van der Waals surface area contributed by atoms with Crippen LogP contribution in [0.25, 0.3) is 0 Å². The fourth-order valence-electron chi connectivity index (χ4n) is 4.46. The zero-order valence-electron chi connectivity index (χ0n) is 25.7. The Labute approximate surface area is 273 Å². The van der Waals surface area contributed by atoms with Gasteiger partial charge in [0.2, 0.25) is 29.5 Å². The minimum Gasteiger partial charge on any atom is -0.394 e. The number of primary amides is 1. The fourth-order valence-corrected chi connectivity index (χ4v) is 4.46. The molecule has 0 saturated carbocycles. The molecule has 19 N–H and O–H groups in total. The van der Waals surface area contributed by atoms with Crippen LogP contribution < -0.4 is 65.5 Å². The second-order valence-electron chi connectivity index (χ2n) is 10.7. The van der Waals surface area contributed by atoms with Gasteiger partial charge in [-0.1, -0.05) is 0 Å². The van der Waals surface area contributed by atoms with E-state index in [0.717, 1.165) is 0 Å². The number of rotatable bonds is 10. The van der Waals surface area contributed by atoms with E-state index in [0.29, 0.717) is 25.6 Å². The number of aliphatic imine (C=N–C) groups is 1. The predicted molar refractivity (Wildman–Crippen MR) is 164 cm³/mol. The summed E-state index contributed by atoms with van der Waals surface area (Å²) in [5.74, 6) is -6.65. The predicted octanol–water partition coefficient (Wildman–Crippen LogP) is -8.88. The molecule has 8 amide bonds. The monoisotopic (exact) mass is 685 g/mol. The Hall–Kier alpha value is -5.10. The number of nitrogens with one attached hydrogen (secondary N) is 8. The van der Waals surface area contributed by atoms with Crippen LogP contribution in [-0.4, -0.2) is 132 Å². The number of hydrogen-bond acceptors (Lipinski definition) is 15. The summed E-state index contributed by atoms with van der Waals surface area (Å²) in [6.07, 6.45) is -0.339. The third kappa shape index (κ3) is 12.3. The Balaban J connectivity index is 2.54. The van der Waals surface area contributed by atoms with Crippen LogP contribution in [0, 0.1) is 0 Å². The number of nitrogens with two attached hydrogens (primary N) is 4. The van der Waals surface area contributed by atoms with Gasteiger partial charge in [-0.15, -0.1) is 0 Å². The van der Waals surface area contributed by atoms with Gasteiger partial charge in [-0.25, -0.2) is 9.79 Å². The van der Waals surface area contributed by atoms with Crippen LogP contribution in [0.1, 0.15) is 25.7 Å². The number of guanidine groups is 1. The minimum atomic E-state index is -1.78. The Morgan fingerprint density at radius 2 is 1.62 bits per heavy atom. The maximum Gasteiger partial charge on any atom is 0.316 e. The molecule has 48 heavy (non-hydrogen) atoms. The molecule has 2 heterocycles. The van der Waals surface area contributed by atoms with Crippen molar-refractivity contribution in [3.05, 3.63) is 11.9 Å². The summed E-state index contributed by atoms with van der Waals surface area (Å²) in [7, 11) is 0. The van der Waals surface area contributed by atoms with E-state index >= 15 is 0 Å². The number of carbonyl (C=O) groups is 7. The highest BCUT2D eigenvalue weighted by Crippen LogP contribution is 2.11. The average Bonchev–Trinajstić information content (AvgIpc) is 3.02. The summed E-state index contributed by atoms with van der Waals surface area (Å²) in [5, 5.41) is 47.9.